The van der Waals surface area contributed by atoms with E-state index in [1.807, 2.05) is 67.6 Å². The minimum absolute atomic E-state index is 0.183. The van der Waals surface area contributed by atoms with E-state index < -0.39 is 0 Å². The molecule has 0 unspecified atom stereocenters. The molecule has 31 heavy (non-hydrogen) atoms. The summed E-state index contributed by atoms with van der Waals surface area (Å²) in [7, 11) is 0. The van der Waals surface area contributed by atoms with Crippen molar-refractivity contribution in [1.82, 2.24) is 4.90 Å². The first-order chi connectivity index (χ1) is 15.1. The van der Waals surface area contributed by atoms with Crippen molar-refractivity contribution in [2.24, 2.45) is 0 Å². The van der Waals surface area contributed by atoms with Gasteiger partial charge in [0.25, 0.3) is 11.1 Å². The Bertz CT molecular complexity index is 1170. The Morgan fingerprint density at radius 2 is 1.81 bits per heavy atom. The second-order valence-electron chi connectivity index (χ2n) is 6.77. The maximum atomic E-state index is 12.8. The lowest BCUT2D eigenvalue weighted by molar-refractivity contribution is -0.123. The molecule has 2 amide bonds. The number of ether oxygens (including phenoxy) is 2. The highest BCUT2D eigenvalue weighted by Gasteiger charge is 2.35. The molecule has 158 valence electrons. The Morgan fingerprint density at radius 1 is 1.00 bits per heavy atom. The lowest BCUT2D eigenvalue weighted by Crippen LogP contribution is -2.32. The molecule has 3 aromatic carbocycles. The van der Waals surface area contributed by atoms with Gasteiger partial charge in [-0.15, -0.1) is 0 Å². The van der Waals surface area contributed by atoms with Crippen molar-refractivity contribution in [2.45, 2.75) is 6.92 Å². The molecule has 0 bridgehead atoms. The predicted molar refractivity (Wildman–Crippen MR) is 127 cm³/mol. The molecule has 0 N–H and O–H groups in total. The van der Waals surface area contributed by atoms with Crippen molar-refractivity contribution < 1.29 is 19.1 Å². The first-order valence-corrected chi connectivity index (χ1v) is 11.5. The van der Waals surface area contributed by atoms with Crippen LogP contribution in [0.2, 0.25) is 0 Å². The number of nitrogens with zero attached hydrogens (tertiary/aromatic N) is 1. The number of hydrogen-bond donors (Lipinski definition) is 0. The highest BCUT2D eigenvalue weighted by atomic mass is 79.9. The van der Waals surface area contributed by atoms with E-state index in [4.69, 9.17) is 9.47 Å². The summed E-state index contributed by atoms with van der Waals surface area (Å²) in [5.74, 6) is 1.08. The van der Waals surface area contributed by atoms with Crippen molar-refractivity contribution in [1.29, 1.82) is 0 Å². The number of hydrogen-bond acceptors (Lipinski definition) is 5. The molecule has 1 fully saturated rings. The monoisotopic (exact) mass is 497 g/mol. The highest BCUT2D eigenvalue weighted by molar-refractivity contribution is 9.10. The summed E-state index contributed by atoms with van der Waals surface area (Å²) in [6.07, 6.45) is 1.70. The van der Waals surface area contributed by atoms with Gasteiger partial charge in [0.15, 0.2) is 0 Å². The van der Waals surface area contributed by atoms with Gasteiger partial charge in [0.1, 0.15) is 18.1 Å². The lowest BCUT2D eigenvalue weighted by atomic mass is 10.1. The summed E-state index contributed by atoms with van der Waals surface area (Å²) in [6.45, 7) is 2.81. The number of thioether (sulfide) groups is 1. The topological polar surface area (TPSA) is 55.8 Å². The molecule has 5 nitrogen and oxygen atoms in total. The highest BCUT2D eigenvalue weighted by Crippen LogP contribution is 2.35. The SMILES string of the molecule is CCOc1ccc(Br)cc1/C=C1\SC(=O)N(CCOc2cccc3ccccc23)C1=O. The predicted octanol–water partition coefficient (Wildman–Crippen LogP) is 6.12. The van der Waals surface area contributed by atoms with E-state index in [0.717, 1.165) is 38.3 Å². The van der Waals surface area contributed by atoms with E-state index in [2.05, 4.69) is 15.9 Å². The van der Waals surface area contributed by atoms with Gasteiger partial charge >= 0.3 is 0 Å². The van der Waals surface area contributed by atoms with Gasteiger partial charge in [-0.25, -0.2) is 0 Å². The van der Waals surface area contributed by atoms with Crippen molar-refractivity contribution in [3.8, 4) is 11.5 Å². The van der Waals surface area contributed by atoms with E-state index in [-0.39, 0.29) is 24.3 Å². The summed E-state index contributed by atoms with van der Waals surface area (Å²) in [5.41, 5.74) is 0.744. The fraction of sp³-hybridized carbons (Fsp3) is 0.167. The number of benzene rings is 3. The molecule has 1 aliphatic rings. The average molecular weight is 498 g/mol. The molecule has 4 rings (SSSR count). The fourth-order valence-corrected chi connectivity index (χ4v) is 4.56. The van der Waals surface area contributed by atoms with Crippen LogP contribution >= 0.6 is 27.7 Å². The van der Waals surface area contributed by atoms with Gasteiger partial charge in [-0.2, -0.15) is 0 Å². The van der Waals surface area contributed by atoms with Crippen LogP contribution in [0, 0.1) is 0 Å². The number of imide groups is 1. The van der Waals surface area contributed by atoms with Crippen LogP contribution in [-0.2, 0) is 4.79 Å². The van der Waals surface area contributed by atoms with Crippen LogP contribution in [0.1, 0.15) is 12.5 Å². The number of carbonyl (C=O) groups is 2. The smallest absolute Gasteiger partial charge is 0.293 e. The Kier molecular flexibility index (Phi) is 6.63. The Morgan fingerprint density at radius 3 is 2.65 bits per heavy atom. The first-order valence-electron chi connectivity index (χ1n) is 9.85. The molecule has 0 aromatic heterocycles. The molecule has 0 aliphatic carbocycles. The van der Waals surface area contributed by atoms with Crippen LogP contribution in [0.15, 0.2) is 70.0 Å². The van der Waals surface area contributed by atoms with Gasteiger partial charge in [-0.1, -0.05) is 52.3 Å². The summed E-state index contributed by atoms with van der Waals surface area (Å²) in [6, 6.07) is 19.3. The maximum Gasteiger partial charge on any atom is 0.293 e. The van der Waals surface area contributed by atoms with Gasteiger partial charge in [-0.3, -0.25) is 14.5 Å². The molecule has 1 saturated heterocycles. The number of halogens is 1. The standard InChI is InChI=1S/C24H20BrNO4S/c1-2-29-20-11-10-18(25)14-17(20)15-22-23(27)26(24(28)31-22)12-13-30-21-9-5-7-16-6-3-4-8-19(16)21/h3-11,14-15H,2,12-13H2,1H3/b22-15-. The van der Waals surface area contributed by atoms with Crippen molar-refractivity contribution >= 4 is 55.7 Å². The number of amides is 2. The number of carbonyl (C=O) groups excluding carboxylic acids is 2. The summed E-state index contributed by atoms with van der Waals surface area (Å²) in [4.78, 5) is 26.9. The van der Waals surface area contributed by atoms with Crippen molar-refractivity contribution in [3.63, 3.8) is 0 Å². The lowest BCUT2D eigenvalue weighted by Gasteiger charge is -2.14. The van der Waals surface area contributed by atoms with Crippen LogP contribution in [0.5, 0.6) is 11.5 Å². The second kappa shape index (κ2) is 9.58. The molecular formula is C24H20BrNO4S. The van der Waals surface area contributed by atoms with E-state index >= 15 is 0 Å². The zero-order chi connectivity index (χ0) is 21.8. The van der Waals surface area contributed by atoms with E-state index in [9.17, 15) is 9.59 Å². The number of fused-ring (bicyclic) bond motifs is 1. The Balaban J connectivity index is 1.46. The molecule has 7 heteroatoms. The minimum Gasteiger partial charge on any atom is -0.493 e. The van der Waals surface area contributed by atoms with Crippen LogP contribution in [0.3, 0.4) is 0 Å². The molecular weight excluding hydrogens is 478 g/mol. The minimum atomic E-state index is -0.320. The molecule has 1 heterocycles. The van der Waals surface area contributed by atoms with Gasteiger partial charge in [0.2, 0.25) is 0 Å². The zero-order valence-electron chi connectivity index (χ0n) is 16.8. The molecule has 1 aliphatic heterocycles. The quantitative estimate of drug-likeness (QED) is 0.368. The molecule has 3 aromatic rings. The van der Waals surface area contributed by atoms with Crippen molar-refractivity contribution in [2.75, 3.05) is 19.8 Å². The van der Waals surface area contributed by atoms with Crippen LogP contribution in [0.25, 0.3) is 16.8 Å². The third-order valence-corrected chi connectivity index (χ3v) is 6.15. The van der Waals surface area contributed by atoms with Crippen molar-refractivity contribution in [3.05, 3.63) is 75.6 Å². The van der Waals surface area contributed by atoms with Crippen LogP contribution in [-0.4, -0.2) is 35.8 Å². The largest absolute Gasteiger partial charge is 0.493 e. The summed E-state index contributed by atoms with van der Waals surface area (Å²) in [5, 5.41) is 1.77. The maximum absolute atomic E-state index is 12.8. The third kappa shape index (κ3) is 4.78. The molecule has 0 saturated carbocycles. The van der Waals surface area contributed by atoms with Gasteiger partial charge < -0.3 is 9.47 Å². The van der Waals surface area contributed by atoms with Gasteiger partial charge in [0, 0.05) is 15.4 Å². The molecule has 0 spiro atoms. The van der Waals surface area contributed by atoms with E-state index in [1.165, 1.54) is 4.90 Å². The third-order valence-electron chi connectivity index (χ3n) is 4.75. The van der Waals surface area contributed by atoms with Gasteiger partial charge in [-0.05, 0) is 54.4 Å². The summed E-state index contributed by atoms with van der Waals surface area (Å²) >= 11 is 4.37. The Hall–Kier alpha value is -2.77. The molecule has 0 radical (unpaired) electrons. The van der Waals surface area contributed by atoms with Crippen LogP contribution in [0.4, 0.5) is 4.79 Å². The van der Waals surface area contributed by atoms with Gasteiger partial charge in [0.05, 0.1) is 18.1 Å². The fourth-order valence-electron chi connectivity index (χ4n) is 3.32. The normalized spacial score (nSPS) is 15.2. The second-order valence-corrected chi connectivity index (χ2v) is 8.68. The summed E-state index contributed by atoms with van der Waals surface area (Å²) < 4.78 is 12.4. The van der Waals surface area contributed by atoms with E-state index in [0.29, 0.717) is 17.3 Å². The average Bonchev–Trinajstić information content (AvgIpc) is 3.03. The molecule has 0 atom stereocenters. The van der Waals surface area contributed by atoms with E-state index in [1.54, 1.807) is 6.08 Å². The zero-order valence-corrected chi connectivity index (χ0v) is 19.2. The van der Waals surface area contributed by atoms with Crippen LogP contribution < -0.4 is 9.47 Å². The first kappa shape index (κ1) is 21.5. The Labute approximate surface area is 193 Å². The number of rotatable bonds is 7.